The van der Waals surface area contributed by atoms with E-state index in [-0.39, 0.29) is 5.91 Å². The molecule has 0 saturated carbocycles. The van der Waals surface area contributed by atoms with E-state index < -0.39 is 0 Å². The van der Waals surface area contributed by atoms with Gasteiger partial charge in [0.2, 0.25) is 4.80 Å². The number of carbonyl (C=O) groups excluding carboxylic acids is 1. The van der Waals surface area contributed by atoms with E-state index in [2.05, 4.69) is 15.5 Å². The summed E-state index contributed by atoms with van der Waals surface area (Å²) < 4.78 is 1.95. The zero-order chi connectivity index (χ0) is 20.8. The molecule has 0 unspecified atom stereocenters. The molecule has 4 rings (SSSR count). The molecule has 1 aromatic heterocycles. The Hall–Kier alpha value is -3.77. The molecule has 0 radical (unpaired) electrons. The van der Waals surface area contributed by atoms with Crippen LogP contribution in [-0.2, 0) is 7.05 Å². The summed E-state index contributed by atoms with van der Waals surface area (Å²) in [6.45, 7) is 0. The zero-order valence-corrected chi connectivity index (χ0v) is 17.2. The number of benzene rings is 3. The first-order valence-corrected chi connectivity index (χ1v) is 10.3. The van der Waals surface area contributed by atoms with E-state index in [0.29, 0.717) is 10.4 Å². The number of nitrogens with zero attached hydrogens (tertiary/aromatic N) is 3. The molecule has 1 N–H and O–H groups in total. The average molecular weight is 413 g/mol. The third kappa shape index (κ3) is 4.45. The maximum Gasteiger partial charge on any atom is 0.256 e. The molecule has 0 spiro atoms. The fourth-order valence-electron chi connectivity index (χ4n) is 3.00. The van der Waals surface area contributed by atoms with Gasteiger partial charge in [-0.2, -0.15) is 5.10 Å². The van der Waals surface area contributed by atoms with Crippen molar-refractivity contribution in [2.24, 2.45) is 17.3 Å². The maximum atomic E-state index is 12.7. The number of rotatable bonds is 5. The monoisotopic (exact) mass is 412 g/mol. The van der Waals surface area contributed by atoms with Crippen LogP contribution in [0.1, 0.15) is 15.9 Å². The smallest absolute Gasteiger partial charge is 0.256 e. The first kappa shape index (κ1) is 19.5. The van der Waals surface area contributed by atoms with Crippen molar-refractivity contribution < 1.29 is 4.79 Å². The van der Waals surface area contributed by atoms with Crippen molar-refractivity contribution in [3.63, 3.8) is 0 Å². The van der Waals surface area contributed by atoms with Crippen molar-refractivity contribution in [2.45, 2.75) is 0 Å². The summed E-state index contributed by atoms with van der Waals surface area (Å²) in [7, 11) is 1.92. The minimum absolute atomic E-state index is 0.158. The molecule has 0 aliphatic carbocycles. The van der Waals surface area contributed by atoms with Crippen molar-refractivity contribution in [1.29, 1.82) is 0 Å². The topological polar surface area (TPSA) is 58.8 Å². The third-order valence-corrected chi connectivity index (χ3v) is 5.53. The van der Waals surface area contributed by atoms with Gasteiger partial charge in [0.25, 0.3) is 5.91 Å². The number of nitrogens with one attached hydrogen (secondary N) is 1. The third-order valence-electron chi connectivity index (χ3n) is 4.49. The van der Waals surface area contributed by atoms with E-state index >= 15 is 0 Å². The molecule has 6 heteroatoms. The molecule has 1 heterocycles. The summed E-state index contributed by atoms with van der Waals surface area (Å²) in [6.07, 6.45) is 1.71. The molecule has 5 nitrogen and oxygen atoms in total. The van der Waals surface area contributed by atoms with Gasteiger partial charge in [0, 0.05) is 18.2 Å². The molecule has 0 aliphatic heterocycles. The molecule has 0 aliphatic rings. The van der Waals surface area contributed by atoms with Gasteiger partial charge in [-0.15, -0.1) is 5.10 Å². The van der Waals surface area contributed by atoms with Crippen LogP contribution >= 0.6 is 11.3 Å². The fraction of sp³-hybridized carbons (Fsp3) is 0.0417. The molecule has 148 valence electrons. The first-order valence-electron chi connectivity index (χ1n) is 9.46. The first-order chi connectivity index (χ1) is 14.7. The van der Waals surface area contributed by atoms with Crippen LogP contribution in [0.15, 0.2) is 101 Å². The summed E-state index contributed by atoms with van der Waals surface area (Å²) in [5, 5.41) is 12.4. The molecule has 3 aromatic carbocycles. The molecular formula is C24H20N4OS. The van der Waals surface area contributed by atoms with Crippen LogP contribution in [0.2, 0.25) is 0 Å². The van der Waals surface area contributed by atoms with Crippen molar-refractivity contribution in [3.05, 3.63) is 107 Å². The van der Waals surface area contributed by atoms with Gasteiger partial charge in [-0.3, -0.25) is 4.79 Å². The molecule has 0 saturated heterocycles. The van der Waals surface area contributed by atoms with Crippen LogP contribution in [0.3, 0.4) is 0 Å². The van der Waals surface area contributed by atoms with E-state index in [1.165, 1.54) is 11.3 Å². The number of carbonyl (C=O) groups is 1. The highest BCUT2D eigenvalue weighted by molar-refractivity contribution is 7.14. The quantitative estimate of drug-likeness (QED) is 0.366. The minimum atomic E-state index is -0.158. The summed E-state index contributed by atoms with van der Waals surface area (Å²) in [4.78, 5) is 13.4. The molecular weight excluding hydrogens is 392 g/mol. The Bertz CT molecular complexity index is 1230. The second kappa shape index (κ2) is 9.15. The maximum absolute atomic E-state index is 12.7. The number of hydrogen-bond donors (Lipinski definition) is 1. The lowest BCUT2D eigenvalue weighted by atomic mass is 10.1. The Labute approximate surface area is 178 Å². The Morgan fingerprint density at radius 2 is 1.50 bits per heavy atom. The van der Waals surface area contributed by atoms with Gasteiger partial charge in [0.05, 0.1) is 11.9 Å². The number of anilines is 1. The number of amides is 1. The Morgan fingerprint density at radius 3 is 2.17 bits per heavy atom. The highest BCUT2D eigenvalue weighted by Gasteiger charge is 2.16. The van der Waals surface area contributed by atoms with Crippen LogP contribution in [0.4, 0.5) is 5.00 Å². The van der Waals surface area contributed by atoms with Crippen LogP contribution < -0.4 is 10.1 Å². The van der Waals surface area contributed by atoms with Gasteiger partial charge < -0.3 is 9.88 Å². The second-order valence-corrected chi connectivity index (χ2v) is 7.54. The fourth-order valence-corrected chi connectivity index (χ4v) is 3.99. The lowest BCUT2D eigenvalue weighted by Gasteiger charge is -2.08. The highest BCUT2D eigenvalue weighted by Crippen LogP contribution is 2.30. The van der Waals surface area contributed by atoms with E-state index in [1.807, 2.05) is 90.5 Å². The van der Waals surface area contributed by atoms with Gasteiger partial charge in [-0.05, 0) is 17.7 Å². The predicted molar refractivity (Wildman–Crippen MR) is 123 cm³/mol. The van der Waals surface area contributed by atoms with E-state index in [9.17, 15) is 4.79 Å². The van der Waals surface area contributed by atoms with Crippen LogP contribution in [-0.4, -0.2) is 16.7 Å². The van der Waals surface area contributed by atoms with Crippen molar-refractivity contribution in [2.75, 3.05) is 5.32 Å². The number of hydrogen-bond acceptors (Lipinski definition) is 4. The molecule has 1 amide bonds. The molecule has 0 bridgehead atoms. The van der Waals surface area contributed by atoms with Crippen LogP contribution in [0, 0.1) is 0 Å². The van der Waals surface area contributed by atoms with Crippen molar-refractivity contribution >= 4 is 28.5 Å². The van der Waals surface area contributed by atoms with Gasteiger partial charge in [-0.25, -0.2) is 0 Å². The van der Waals surface area contributed by atoms with Crippen molar-refractivity contribution in [1.82, 2.24) is 4.57 Å². The van der Waals surface area contributed by atoms with Crippen LogP contribution in [0.5, 0.6) is 0 Å². The SMILES string of the molecule is Cn1c(-c2ccccc2)c(NC(=O)c2ccccc2)sc1=NN=Cc1ccccc1. The zero-order valence-electron chi connectivity index (χ0n) is 16.4. The summed E-state index contributed by atoms with van der Waals surface area (Å²) in [5.74, 6) is -0.158. The standard InChI is InChI=1S/C24H20N4OS/c1-28-21(19-13-7-3-8-14-19)23(26-22(29)20-15-9-4-10-16-20)30-24(28)27-25-17-18-11-5-2-6-12-18/h2-17H,1H3,(H,26,29). The summed E-state index contributed by atoms with van der Waals surface area (Å²) >= 11 is 1.39. The Kier molecular flexibility index (Phi) is 5.96. The van der Waals surface area contributed by atoms with E-state index in [4.69, 9.17) is 0 Å². The van der Waals surface area contributed by atoms with E-state index in [1.54, 1.807) is 18.3 Å². The van der Waals surface area contributed by atoms with Crippen molar-refractivity contribution in [3.8, 4) is 11.3 Å². The summed E-state index contributed by atoms with van der Waals surface area (Å²) in [6, 6.07) is 28.9. The lowest BCUT2D eigenvalue weighted by Crippen LogP contribution is -2.12. The lowest BCUT2D eigenvalue weighted by molar-refractivity contribution is 0.102. The largest absolute Gasteiger partial charge is 0.316 e. The van der Waals surface area contributed by atoms with E-state index in [0.717, 1.165) is 21.8 Å². The van der Waals surface area contributed by atoms with Gasteiger partial charge in [0.15, 0.2) is 0 Å². The highest BCUT2D eigenvalue weighted by atomic mass is 32.1. The molecule has 30 heavy (non-hydrogen) atoms. The Balaban J connectivity index is 1.73. The van der Waals surface area contributed by atoms with Gasteiger partial charge in [-0.1, -0.05) is 90.2 Å². The second-order valence-electron chi connectivity index (χ2n) is 6.56. The molecule has 0 atom stereocenters. The van der Waals surface area contributed by atoms with Gasteiger partial charge in [0.1, 0.15) is 5.00 Å². The Morgan fingerprint density at radius 1 is 0.900 bits per heavy atom. The number of thiazole rings is 1. The van der Waals surface area contributed by atoms with Crippen LogP contribution in [0.25, 0.3) is 11.3 Å². The minimum Gasteiger partial charge on any atom is -0.316 e. The average Bonchev–Trinajstić information content (AvgIpc) is 3.10. The predicted octanol–water partition coefficient (Wildman–Crippen LogP) is 4.94. The summed E-state index contributed by atoms with van der Waals surface area (Å²) in [5.41, 5.74) is 3.46. The molecule has 4 aromatic rings. The normalized spacial score (nSPS) is 11.7. The number of aromatic nitrogens is 1. The molecule has 0 fully saturated rings. The van der Waals surface area contributed by atoms with Gasteiger partial charge >= 0.3 is 0 Å².